The lowest BCUT2D eigenvalue weighted by molar-refractivity contribution is 0.0193. The highest BCUT2D eigenvalue weighted by atomic mass is 16.5. The molecule has 2 saturated heterocycles. The van der Waals surface area contributed by atoms with Crippen LogP contribution in [0.1, 0.15) is 32.6 Å². The molecule has 2 heterocycles. The van der Waals surface area contributed by atoms with Gasteiger partial charge in [0, 0.05) is 37.8 Å². The maximum absolute atomic E-state index is 5.47. The van der Waals surface area contributed by atoms with E-state index in [4.69, 9.17) is 9.47 Å². The average Bonchev–Trinajstić information content (AvgIpc) is 2.39. The monoisotopic (exact) mass is 256 g/mol. The van der Waals surface area contributed by atoms with Gasteiger partial charge in [-0.2, -0.15) is 0 Å². The lowest BCUT2D eigenvalue weighted by atomic mass is 9.78. The van der Waals surface area contributed by atoms with Crippen LogP contribution in [0.2, 0.25) is 0 Å². The molecule has 0 unspecified atom stereocenters. The van der Waals surface area contributed by atoms with Gasteiger partial charge in [0.25, 0.3) is 0 Å². The summed E-state index contributed by atoms with van der Waals surface area (Å²) in [5, 5.41) is 7.25. The minimum Gasteiger partial charge on any atom is -0.384 e. The topological polar surface area (TPSA) is 42.5 Å². The molecule has 0 aliphatic carbocycles. The highest BCUT2D eigenvalue weighted by Crippen LogP contribution is 2.30. The molecule has 0 amide bonds. The van der Waals surface area contributed by atoms with Crippen molar-refractivity contribution in [1.29, 1.82) is 0 Å². The molecule has 4 nitrogen and oxygen atoms in total. The van der Waals surface area contributed by atoms with Gasteiger partial charge in [-0.3, -0.25) is 0 Å². The third-order valence-electron chi connectivity index (χ3n) is 4.60. The molecule has 0 saturated carbocycles. The summed E-state index contributed by atoms with van der Waals surface area (Å²) in [6, 6.07) is 0. The first-order chi connectivity index (χ1) is 8.68. The standard InChI is InChI=1S/C14H28N2O2/c1-13(5-9-18-10-6-13)16-11-14(12-17-2)3-7-15-8-4-14/h15-16H,3-12H2,1-2H3. The Labute approximate surface area is 111 Å². The molecular weight excluding hydrogens is 228 g/mol. The molecule has 0 aromatic rings. The van der Waals surface area contributed by atoms with Gasteiger partial charge in [0.05, 0.1) is 6.61 Å². The maximum Gasteiger partial charge on any atom is 0.0531 e. The molecule has 0 bridgehead atoms. The number of hydrogen-bond acceptors (Lipinski definition) is 4. The van der Waals surface area contributed by atoms with Crippen LogP contribution in [-0.2, 0) is 9.47 Å². The zero-order chi connectivity index (χ0) is 12.9. The van der Waals surface area contributed by atoms with Crippen molar-refractivity contribution in [3.8, 4) is 0 Å². The zero-order valence-corrected chi connectivity index (χ0v) is 11.9. The minimum atomic E-state index is 0.254. The van der Waals surface area contributed by atoms with Crippen molar-refractivity contribution < 1.29 is 9.47 Å². The Morgan fingerprint density at radius 2 is 1.83 bits per heavy atom. The Morgan fingerprint density at radius 1 is 1.17 bits per heavy atom. The molecule has 2 aliphatic rings. The van der Waals surface area contributed by atoms with Gasteiger partial charge in [-0.25, -0.2) is 0 Å². The molecule has 0 aromatic carbocycles. The lowest BCUT2D eigenvalue weighted by Crippen LogP contribution is -2.54. The second-order valence-electron chi connectivity index (χ2n) is 6.21. The van der Waals surface area contributed by atoms with Crippen LogP contribution in [-0.4, -0.2) is 52.1 Å². The summed E-state index contributed by atoms with van der Waals surface area (Å²) < 4.78 is 10.9. The molecule has 0 atom stereocenters. The number of hydrogen-bond donors (Lipinski definition) is 2. The number of piperidine rings is 1. The van der Waals surface area contributed by atoms with Crippen molar-refractivity contribution in [2.24, 2.45) is 5.41 Å². The first-order valence-electron chi connectivity index (χ1n) is 7.21. The van der Waals surface area contributed by atoms with Crippen molar-refractivity contribution >= 4 is 0 Å². The predicted molar refractivity (Wildman–Crippen MR) is 72.9 cm³/mol. The molecule has 2 rings (SSSR count). The Balaban J connectivity index is 1.88. The van der Waals surface area contributed by atoms with Crippen molar-refractivity contribution in [1.82, 2.24) is 10.6 Å². The number of ether oxygens (including phenoxy) is 2. The second-order valence-corrected chi connectivity index (χ2v) is 6.21. The van der Waals surface area contributed by atoms with Gasteiger partial charge in [0.2, 0.25) is 0 Å². The van der Waals surface area contributed by atoms with Crippen molar-refractivity contribution in [2.75, 3.05) is 46.6 Å². The molecule has 2 aliphatic heterocycles. The summed E-state index contributed by atoms with van der Waals surface area (Å²) in [4.78, 5) is 0. The van der Waals surface area contributed by atoms with Crippen LogP contribution in [0.5, 0.6) is 0 Å². The van der Waals surface area contributed by atoms with E-state index in [-0.39, 0.29) is 5.54 Å². The van der Waals surface area contributed by atoms with E-state index in [1.807, 2.05) is 7.11 Å². The summed E-state index contributed by atoms with van der Waals surface area (Å²) in [7, 11) is 1.82. The van der Waals surface area contributed by atoms with E-state index in [0.29, 0.717) is 5.41 Å². The smallest absolute Gasteiger partial charge is 0.0531 e. The van der Waals surface area contributed by atoms with Crippen LogP contribution < -0.4 is 10.6 Å². The fraction of sp³-hybridized carbons (Fsp3) is 1.00. The van der Waals surface area contributed by atoms with Gasteiger partial charge in [0.1, 0.15) is 0 Å². The Bertz CT molecular complexity index is 241. The van der Waals surface area contributed by atoms with E-state index < -0.39 is 0 Å². The average molecular weight is 256 g/mol. The molecular formula is C14H28N2O2. The normalized spacial score (nSPS) is 27.0. The Kier molecular flexibility index (Phi) is 5.01. The van der Waals surface area contributed by atoms with Crippen LogP contribution in [0.25, 0.3) is 0 Å². The largest absolute Gasteiger partial charge is 0.384 e. The summed E-state index contributed by atoms with van der Waals surface area (Å²) >= 11 is 0. The van der Waals surface area contributed by atoms with Crippen LogP contribution >= 0.6 is 0 Å². The Hall–Kier alpha value is -0.160. The zero-order valence-electron chi connectivity index (χ0n) is 11.9. The summed E-state index contributed by atoms with van der Waals surface area (Å²) in [6.07, 6.45) is 4.66. The molecule has 0 aromatic heterocycles. The molecule has 0 spiro atoms. The minimum absolute atomic E-state index is 0.254. The highest BCUT2D eigenvalue weighted by Gasteiger charge is 2.35. The third kappa shape index (κ3) is 3.67. The maximum atomic E-state index is 5.47. The second kappa shape index (κ2) is 6.33. The van der Waals surface area contributed by atoms with Gasteiger partial charge < -0.3 is 20.1 Å². The molecule has 2 fully saturated rings. The lowest BCUT2D eigenvalue weighted by Gasteiger charge is -2.42. The van der Waals surface area contributed by atoms with E-state index >= 15 is 0 Å². The van der Waals surface area contributed by atoms with Crippen molar-refractivity contribution in [3.63, 3.8) is 0 Å². The van der Waals surface area contributed by atoms with Crippen LogP contribution in [0, 0.1) is 5.41 Å². The van der Waals surface area contributed by atoms with E-state index in [0.717, 1.165) is 52.3 Å². The first-order valence-corrected chi connectivity index (χ1v) is 7.21. The summed E-state index contributed by atoms with van der Waals surface area (Å²) in [6.45, 7) is 8.28. The van der Waals surface area contributed by atoms with Crippen LogP contribution in [0.3, 0.4) is 0 Å². The van der Waals surface area contributed by atoms with E-state index in [1.54, 1.807) is 0 Å². The number of methoxy groups -OCH3 is 1. The van der Waals surface area contributed by atoms with Gasteiger partial charge in [-0.15, -0.1) is 0 Å². The number of rotatable bonds is 5. The van der Waals surface area contributed by atoms with Crippen molar-refractivity contribution in [3.05, 3.63) is 0 Å². The first kappa shape index (κ1) is 14.3. The fourth-order valence-corrected chi connectivity index (χ4v) is 3.04. The van der Waals surface area contributed by atoms with Crippen molar-refractivity contribution in [2.45, 2.75) is 38.1 Å². The molecule has 106 valence electrons. The molecule has 18 heavy (non-hydrogen) atoms. The van der Waals surface area contributed by atoms with Gasteiger partial charge in [-0.1, -0.05) is 0 Å². The quantitative estimate of drug-likeness (QED) is 0.775. The van der Waals surface area contributed by atoms with Crippen LogP contribution in [0.15, 0.2) is 0 Å². The van der Waals surface area contributed by atoms with E-state index in [1.165, 1.54) is 12.8 Å². The molecule has 4 heteroatoms. The summed E-state index contributed by atoms with van der Waals surface area (Å²) in [5.74, 6) is 0. The highest BCUT2D eigenvalue weighted by molar-refractivity contribution is 4.92. The SMILES string of the molecule is COCC1(CNC2(C)CCOCC2)CCNCC1. The molecule has 0 radical (unpaired) electrons. The fourth-order valence-electron chi connectivity index (χ4n) is 3.04. The summed E-state index contributed by atoms with van der Waals surface area (Å²) in [5.41, 5.74) is 0.575. The molecule has 2 N–H and O–H groups in total. The predicted octanol–water partition coefficient (Wildman–Crippen LogP) is 1.16. The van der Waals surface area contributed by atoms with Gasteiger partial charge in [-0.05, 0) is 45.7 Å². The third-order valence-corrected chi connectivity index (χ3v) is 4.60. The Morgan fingerprint density at radius 3 is 2.44 bits per heavy atom. The van der Waals surface area contributed by atoms with Gasteiger partial charge in [0.15, 0.2) is 0 Å². The van der Waals surface area contributed by atoms with E-state index in [2.05, 4.69) is 17.6 Å². The number of nitrogens with one attached hydrogen (secondary N) is 2. The van der Waals surface area contributed by atoms with Crippen LogP contribution in [0.4, 0.5) is 0 Å². The van der Waals surface area contributed by atoms with Gasteiger partial charge >= 0.3 is 0 Å². The van der Waals surface area contributed by atoms with E-state index in [9.17, 15) is 0 Å².